The van der Waals surface area contributed by atoms with E-state index < -0.39 is 6.04 Å². The lowest BCUT2D eigenvalue weighted by Gasteiger charge is -2.17. The SMILES string of the molecule is C[C@H](NC(=O)C(N)c1cnn(C)c1)c1ccccc1. The quantitative estimate of drug-likeness (QED) is 0.868. The Morgan fingerprint density at radius 1 is 1.32 bits per heavy atom. The third-order valence-corrected chi connectivity index (χ3v) is 3.02. The summed E-state index contributed by atoms with van der Waals surface area (Å²) in [5.41, 5.74) is 7.67. The molecule has 1 aromatic heterocycles. The Hall–Kier alpha value is -2.14. The molecule has 0 radical (unpaired) electrons. The van der Waals surface area contributed by atoms with Crippen LogP contribution in [0.4, 0.5) is 0 Å². The monoisotopic (exact) mass is 258 g/mol. The van der Waals surface area contributed by atoms with Gasteiger partial charge in [-0.3, -0.25) is 9.48 Å². The Labute approximate surface area is 112 Å². The van der Waals surface area contributed by atoms with Crippen LogP contribution in [0.5, 0.6) is 0 Å². The molecule has 0 bridgehead atoms. The highest BCUT2D eigenvalue weighted by Crippen LogP contribution is 2.14. The molecule has 1 amide bonds. The Balaban J connectivity index is 2.01. The zero-order valence-corrected chi connectivity index (χ0v) is 11.1. The highest BCUT2D eigenvalue weighted by Gasteiger charge is 2.19. The number of rotatable bonds is 4. The first kappa shape index (κ1) is 13.3. The van der Waals surface area contributed by atoms with E-state index in [2.05, 4.69) is 10.4 Å². The molecule has 5 nitrogen and oxygen atoms in total. The average molecular weight is 258 g/mol. The maximum Gasteiger partial charge on any atom is 0.242 e. The lowest BCUT2D eigenvalue weighted by molar-refractivity contribution is -0.123. The van der Waals surface area contributed by atoms with Crippen molar-refractivity contribution in [3.8, 4) is 0 Å². The van der Waals surface area contributed by atoms with Gasteiger partial charge in [-0.05, 0) is 12.5 Å². The number of carbonyl (C=O) groups excluding carboxylic acids is 1. The van der Waals surface area contributed by atoms with Crippen molar-refractivity contribution in [3.05, 3.63) is 53.9 Å². The van der Waals surface area contributed by atoms with E-state index in [1.807, 2.05) is 37.3 Å². The zero-order valence-electron chi connectivity index (χ0n) is 11.1. The molecule has 1 unspecified atom stereocenters. The standard InChI is InChI=1S/C14H18N4O/c1-10(11-6-4-3-5-7-11)17-14(19)13(15)12-8-16-18(2)9-12/h3-10,13H,15H2,1-2H3,(H,17,19)/t10-,13?/m0/s1. The third kappa shape index (κ3) is 3.20. The van der Waals surface area contributed by atoms with E-state index in [0.717, 1.165) is 5.56 Å². The van der Waals surface area contributed by atoms with Gasteiger partial charge in [0.25, 0.3) is 0 Å². The molecule has 0 aliphatic rings. The second kappa shape index (κ2) is 5.67. The lowest BCUT2D eigenvalue weighted by Crippen LogP contribution is -2.35. The number of hydrogen-bond acceptors (Lipinski definition) is 3. The van der Waals surface area contributed by atoms with Crippen molar-refractivity contribution in [1.29, 1.82) is 0 Å². The van der Waals surface area contributed by atoms with Crippen LogP contribution in [0.3, 0.4) is 0 Å². The summed E-state index contributed by atoms with van der Waals surface area (Å²) in [7, 11) is 1.79. The largest absolute Gasteiger partial charge is 0.348 e. The third-order valence-electron chi connectivity index (χ3n) is 3.02. The minimum atomic E-state index is -0.695. The van der Waals surface area contributed by atoms with E-state index in [1.165, 1.54) is 0 Å². The van der Waals surface area contributed by atoms with Crippen molar-refractivity contribution < 1.29 is 4.79 Å². The number of benzene rings is 1. The van der Waals surface area contributed by atoms with Gasteiger partial charge in [0.05, 0.1) is 12.2 Å². The van der Waals surface area contributed by atoms with Gasteiger partial charge in [-0.1, -0.05) is 30.3 Å². The lowest BCUT2D eigenvalue weighted by atomic mass is 10.1. The molecule has 1 aromatic carbocycles. The van der Waals surface area contributed by atoms with Gasteiger partial charge in [-0.2, -0.15) is 5.10 Å². The first-order chi connectivity index (χ1) is 9.08. The molecular weight excluding hydrogens is 240 g/mol. The molecule has 3 N–H and O–H groups in total. The van der Waals surface area contributed by atoms with Crippen LogP contribution in [0, 0.1) is 0 Å². The van der Waals surface area contributed by atoms with Crippen molar-refractivity contribution in [2.24, 2.45) is 12.8 Å². The fourth-order valence-corrected chi connectivity index (χ4v) is 1.88. The molecule has 5 heteroatoms. The van der Waals surface area contributed by atoms with Crippen LogP contribution in [0.15, 0.2) is 42.7 Å². The molecule has 0 saturated heterocycles. The van der Waals surface area contributed by atoms with Gasteiger partial charge >= 0.3 is 0 Å². The first-order valence-corrected chi connectivity index (χ1v) is 6.17. The molecule has 0 spiro atoms. The Kier molecular flexibility index (Phi) is 3.97. The highest BCUT2D eigenvalue weighted by atomic mass is 16.2. The normalized spacial score (nSPS) is 13.8. The maximum atomic E-state index is 12.1. The van der Waals surface area contributed by atoms with E-state index in [-0.39, 0.29) is 11.9 Å². The van der Waals surface area contributed by atoms with Gasteiger partial charge in [-0.25, -0.2) is 0 Å². The molecule has 0 aliphatic heterocycles. The fraction of sp³-hybridized carbons (Fsp3) is 0.286. The zero-order chi connectivity index (χ0) is 13.8. The summed E-state index contributed by atoms with van der Waals surface area (Å²) >= 11 is 0. The van der Waals surface area contributed by atoms with E-state index >= 15 is 0 Å². The molecule has 19 heavy (non-hydrogen) atoms. The molecule has 0 saturated carbocycles. The molecule has 2 rings (SSSR count). The second-order valence-corrected chi connectivity index (χ2v) is 4.57. The summed E-state index contributed by atoms with van der Waals surface area (Å²) in [4.78, 5) is 12.1. The minimum absolute atomic E-state index is 0.0728. The fourth-order valence-electron chi connectivity index (χ4n) is 1.88. The van der Waals surface area contributed by atoms with Gasteiger partial charge in [0.2, 0.25) is 5.91 Å². The molecule has 2 atom stereocenters. The maximum absolute atomic E-state index is 12.1. The van der Waals surface area contributed by atoms with Crippen molar-refractivity contribution in [3.63, 3.8) is 0 Å². The summed E-state index contributed by atoms with van der Waals surface area (Å²) in [5.74, 6) is -0.204. The predicted octanol–water partition coefficient (Wildman–Crippen LogP) is 1.30. The van der Waals surface area contributed by atoms with Crippen LogP contribution in [-0.2, 0) is 11.8 Å². The van der Waals surface area contributed by atoms with Gasteiger partial charge in [0.1, 0.15) is 6.04 Å². The van der Waals surface area contributed by atoms with Crippen molar-refractivity contribution in [2.45, 2.75) is 19.0 Å². The van der Waals surface area contributed by atoms with E-state index in [9.17, 15) is 4.79 Å². The number of aromatic nitrogens is 2. The average Bonchev–Trinajstić information content (AvgIpc) is 2.85. The van der Waals surface area contributed by atoms with Gasteiger partial charge in [0.15, 0.2) is 0 Å². The van der Waals surface area contributed by atoms with Crippen molar-refractivity contribution in [1.82, 2.24) is 15.1 Å². The van der Waals surface area contributed by atoms with Crippen molar-refractivity contribution >= 4 is 5.91 Å². The number of nitrogens with one attached hydrogen (secondary N) is 1. The van der Waals surface area contributed by atoms with Gasteiger partial charge in [-0.15, -0.1) is 0 Å². The van der Waals surface area contributed by atoms with Crippen LogP contribution in [-0.4, -0.2) is 15.7 Å². The van der Waals surface area contributed by atoms with Crippen LogP contribution in [0.25, 0.3) is 0 Å². The van der Waals surface area contributed by atoms with Crippen LogP contribution < -0.4 is 11.1 Å². The number of hydrogen-bond donors (Lipinski definition) is 2. The smallest absolute Gasteiger partial charge is 0.242 e. The molecular formula is C14H18N4O. The molecule has 2 aromatic rings. The number of amides is 1. The molecule has 0 aliphatic carbocycles. The Bertz CT molecular complexity index is 550. The first-order valence-electron chi connectivity index (χ1n) is 6.17. The Morgan fingerprint density at radius 2 is 2.00 bits per heavy atom. The minimum Gasteiger partial charge on any atom is -0.348 e. The number of nitrogens with two attached hydrogens (primary N) is 1. The summed E-state index contributed by atoms with van der Waals surface area (Å²) in [6.07, 6.45) is 3.36. The van der Waals surface area contributed by atoms with E-state index in [1.54, 1.807) is 24.1 Å². The van der Waals surface area contributed by atoms with Gasteiger partial charge in [0, 0.05) is 18.8 Å². The van der Waals surface area contributed by atoms with Gasteiger partial charge < -0.3 is 11.1 Å². The topological polar surface area (TPSA) is 72.9 Å². The number of aryl methyl sites for hydroxylation is 1. The van der Waals surface area contributed by atoms with E-state index in [4.69, 9.17) is 5.73 Å². The summed E-state index contributed by atoms with van der Waals surface area (Å²) in [5, 5.41) is 6.92. The number of carbonyl (C=O) groups is 1. The summed E-state index contributed by atoms with van der Waals surface area (Å²) in [6, 6.07) is 9.01. The van der Waals surface area contributed by atoms with Crippen LogP contribution >= 0.6 is 0 Å². The predicted molar refractivity (Wildman–Crippen MR) is 73.1 cm³/mol. The highest BCUT2D eigenvalue weighted by molar-refractivity contribution is 5.83. The summed E-state index contributed by atoms with van der Waals surface area (Å²) < 4.78 is 1.63. The van der Waals surface area contributed by atoms with Crippen molar-refractivity contribution in [2.75, 3.05) is 0 Å². The van der Waals surface area contributed by atoms with Crippen LogP contribution in [0.2, 0.25) is 0 Å². The number of nitrogens with zero attached hydrogens (tertiary/aromatic N) is 2. The molecule has 1 heterocycles. The molecule has 100 valence electrons. The summed E-state index contributed by atoms with van der Waals surface area (Å²) in [6.45, 7) is 1.93. The second-order valence-electron chi connectivity index (χ2n) is 4.57. The van der Waals surface area contributed by atoms with Crippen LogP contribution in [0.1, 0.15) is 30.1 Å². The van der Waals surface area contributed by atoms with E-state index in [0.29, 0.717) is 5.56 Å². The Morgan fingerprint density at radius 3 is 2.58 bits per heavy atom. The molecule has 0 fully saturated rings.